The Morgan fingerprint density at radius 3 is 2.42 bits per heavy atom. The summed E-state index contributed by atoms with van der Waals surface area (Å²) in [5.74, 6) is -2.05. The van der Waals surface area contributed by atoms with Crippen LogP contribution in [-0.4, -0.2) is 92.1 Å². The summed E-state index contributed by atoms with van der Waals surface area (Å²) >= 11 is 0. The summed E-state index contributed by atoms with van der Waals surface area (Å²) in [4.78, 5) is 52.7. The molecule has 1 fully saturated rings. The molecule has 0 aromatic rings. The van der Waals surface area contributed by atoms with Crippen molar-refractivity contribution in [2.24, 2.45) is 17.6 Å². The SMILES string of the molecule is COC1/C=C\C=C(/C)C(=O)NC2=CC(=O)C([NH+]3CCC3)=C(CC(C)CC(OC)C(O)C(C)/C=C(\CO)C1OC(N)=O)C2=O. The molecule has 2 amide bonds. The Hall–Kier alpha value is -3.42. The van der Waals surface area contributed by atoms with Crippen LogP contribution >= 0.6 is 0 Å². The van der Waals surface area contributed by atoms with Gasteiger partial charge in [-0.3, -0.25) is 19.3 Å². The predicted molar refractivity (Wildman–Crippen MR) is 156 cm³/mol. The fourth-order valence-corrected chi connectivity index (χ4v) is 5.58. The molecular formula is C31H44N3O9+. The molecule has 6 unspecified atom stereocenters. The van der Waals surface area contributed by atoms with E-state index in [2.05, 4.69) is 5.32 Å². The van der Waals surface area contributed by atoms with E-state index in [1.165, 1.54) is 38.5 Å². The van der Waals surface area contributed by atoms with Crippen LogP contribution < -0.4 is 16.0 Å². The number of primary amides is 1. The van der Waals surface area contributed by atoms with E-state index in [0.717, 1.165) is 24.4 Å². The van der Waals surface area contributed by atoms with Gasteiger partial charge in [0.05, 0.1) is 43.2 Å². The lowest BCUT2D eigenvalue weighted by atomic mass is 9.84. The number of fused-ring (bicyclic) bond motifs is 2. The van der Waals surface area contributed by atoms with Gasteiger partial charge in [-0.15, -0.1) is 0 Å². The van der Waals surface area contributed by atoms with E-state index >= 15 is 0 Å². The summed E-state index contributed by atoms with van der Waals surface area (Å²) in [5.41, 5.74) is 6.51. The monoisotopic (exact) mass is 602 g/mol. The van der Waals surface area contributed by atoms with Crippen LogP contribution in [0.5, 0.6) is 0 Å². The normalized spacial score (nSPS) is 33.4. The van der Waals surface area contributed by atoms with Gasteiger partial charge in [-0.05, 0) is 31.3 Å². The third-order valence-corrected chi connectivity index (χ3v) is 8.15. The second-order valence-electron chi connectivity index (χ2n) is 11.4. The minimum absolute atomic E-state index is 0.0889. The average molecular weight is 603 g/mol. The molecule has 0 aromatic heterocycles. The topological polar surface area (TPSA) is 179 Å². The van der Waals surface area contributed by atoms with E-state index in [0.29, 0.717) is 17.7 Å². The Kier molecular flexibility index (Phi) is 12.2. The van der Waals surface area contributed by atoms with Crippen molar-refractivity contribution in [3.05, 3.63) is 58.5 Å². The number of quaternary nitrogens is 1. The number of rotatable bonds is 5. The predicted octanol–water partition coefficient (Wildman–Crippen LogP) is 0.0230. The van der Waals surface area contributed by atoms with Gasteiger partial charge in [-0.2, -0.15) is 0 Å². The Balaban J connectivity index is 2.09. The van der Waals surface area contributed by atoms with Crippen molar-refractivity contribution in [2.75, 3.05) is 33.9 Å². The number of carbonyl (C=O) groups is 4. The summed E-state index contributed by atoms with van der Waals surface area (Å²) < 4.78 is 16.5. The molecule has 236 valence electrons. The molecule has 6 N–H and O–H groups in total. The van der Waals surface area contributed by atoms with Crippen molar-refractivity contribution < 1.29 is 48.5 Å². The number of aliphatic hydroxyl groups is 2. The highest BCUT2D eigenvalue weighted by Gasteiger charge is 2.39. The van der Waals surface area contributed by atoms with Crippen molar-refractivity contribution in [1.29, 1.82) is 0 Å². The molecule has 12 nitrogen and oxygen atoms in total. The number of allylic oxidation sites excluding steroid dienone is 4. The van der Waals surface area contributed by atoms with Crippen molar-refractivity contribution in [3.8, 4) is 0 Å². The minimum atomic E-state index is -1.13. The maximum absolute atomic E-state index is 13.7. The first-order valence-corrected chi connectivity index (χ1v) is 14.5. The van der Waals surface area contributed by atoms with Crippen LogP contribution in [0, 0.1) is 11.8 Å². The van der Waals surface area contributed by atoms with E-state index in [9.17, 15) is 29.4 Å². The number of hydrogen-bond acceptors (Lipinski definition) is 9. The van der Waals surface area contributed by atoms with Crippen LogP contribution in [0.3, 0.4) is 0 Å². The summed E-state index contributed by atoms with van der Waals surface area (Å²) in [6.45, 7) is 6.15. The molecule has 3 aliphatic rings. The summed E-state index contributed by atoms with van der Waals surface area (Å²) in [6.07, 6.45) is 3.95. The molecule has 3 rings (SSSR count). The molecule has 2 heterocycles. The molecule has 1 aliphatic carbocycles. The van der Waals surface area contributed by atoms with Gasteiger partial charge in [0.2, 0.25) is 11.6 Å². The average Bonchev–Trinajstić information content (AvgIpc) is 2.93. The highest BCUT2D eigenvalue weighted by atomic mass is 16.6. The highest BCUT2D eigenvalue weighted by molar-refractivity contribution is 6.22. The number of amides is 2. The summed E-state index contributed by atoms with van der Waals surface area (Å²) in [7, 11) is 2.85. The Labute approximate surface area is 251 Å². The fraction of sp³-hybridized carbons (Fsp3) is 0.548. The Morgan fingerprint density at radius 1 is 1.16 bits per heavy atom. The number of likely N-dealkylation sites (tertiary alicyclic amines) is 1. The summed E-state index contributed by atoms with van der Waals surface area (Å²) in [6, 6.07) is 0. The standard InChI is InChI=1S/C31H43N3O9/c1-17-12-21-26(34-10-7-11-34)23(36)15-22(28(21)38)33-30(39)18(2)8-6-9-24(41-4)29(43-31(32)40)20(16-35)14-19(3)27(37)25(13-17)42-5/h6,8-9,14-15,17,19,24-25,27,29,35,37H,7,10-13,16H2,1-5H3,(H2,32,40)(H,33,39)/p+1/b9-6-,18-8+,20-14+. The first kappa shape index (κ1) is 34.1. The second-order valence-corrected chi connectivity index (χ2v) is 11.4. The van der Waals surface area contributed by atoms with Gasteiger partial charge in [0.1, 0.15) is 6.10 Å². The molecule has 6 atom stereocenters. The van der Waals surface area contributed by atoms with Gasteiger partial charge < -0.3 is 35.5 Å². The Bertz CT molecular complexity index is 1240. The van der Waals surface area contributed by atoms with Gasteiger partial charge in [0.15, 0.2) is 11.8 Å². The number of ketones is 2. The van der Waals surface area contributed by atoms with Gasteiger partial charge in [-0.25, -0.2) is 4.79 Å². The van der Waals surface area contributed by atoms with E-state index in [-0.39, 0.29) is 35.0 Å². The zero-order chi connectivity index (χ0) is 31.8. The van der Waals surface area contributed by atoms with E-state index in [1.54, 1.807) is 19.9 Å². The van der Waals surface area contributed by atoms with E-state index < -0.39 is 54.7 Å². The Morgan fingerprint density at radius 2 is 1.86 bits per heavy atom. The van der Waals surface area contributed by atoms with Gasteiger partial charge in [0, 0.05) is 38.2 Å². The van der Waals surface area contributed by atoms with E-state index in [4.69, 9.17) is 19.9 Å². The maximum atomic E-state index is 13.7. The molecule has 0 radical (unpaired) electrons. The van der Waals surface area contributed by atoms with Gasteiger partial charge in [-0.1, -0.05) is 38.2 Å². The second kappa shape index (κ2) is 15.3. The first-order valence-electron chi connectivity index (χ1n) is 14.5. The lowest BCUT2D eigenvalue weighted by Crippen LogP contribution is -3.17. The zero-order valence-electron chi connectivity index (χ0n) is 25.4. The van der Waals surface area contributed by atoms with Crippen LogP contribution in [0.1, 0.15) is 40.0 Å². The third-order valence-electron chi connectivity index (χ3n) is 8.15. The largest absolute Gasteiger partial charge is 0.439 e. The van der Waals surface area contributed by atoms with Gasteiger partial charge in [0.25, 0.3) is 5.91 Å². The highest BCUT2D eigenvalue weighted by Crippen LogP contribution is 2.28. The molecule has 0 spiro atoms. The number of hydrogen-bond donors (Lipinski definition) is 5. The molecule has 0 aromatic carbocycles. The van der Waals surface area contributed by atoms with Crippen LogP contribution in [-0.2, 0) is 28.6 Å². The molecule has 12 heteroatoms. The van der Waals surface area contributed by atoms with Crippen molar-refractivity contribution in [1.82, 2.24) is 5.32 Å². The third kappa shape index (κ3) is 8.36. The number of carbonyl (C=O) groups excluding carboxylic acids is 4. The maximum Gasteiger partial charge on any atom is 0.405 e. The number of nitrogens with two attached hydrogens (primary N) is 1. The molecule has 1 saturated heterocycles. The van der Waals surface area contributed by atoms with Crippen LogP contribution in [0.2, 0.25) is 0 Å². The number of ether oxygens (including phenoxy) is 3. The van der Waals surface area contributed by atoms with Crippen LogP contribution in [0.15, 0.2) is 58.5 Å². The summed E-state index contributed by atoms with van der Waals surface area (Å²) in [5, 5.41) is 24.1. The van der Waals surface area contributed by atoms with Crippen molar-refractivity contribution in [2.45, 2.75) is 64.4 Å². The lowest BCUT2D eigenvalue weighted by molar-refractivity contribution is -0.897. The van der Waals surface area contributed by atoms with Gasteiger partial charge >= 0.3 is 6.09 Å². The minimum Gasteiger partial charge on any atom is -0.439 e. The quantitative estimate of drug-likeness (QED) is 0.214. The smallest absolute Gasteiger partial charge is 0.405 e. The number of methoxy groups -OCH3 is 2. The molecular weight excluding hydrogens is 558 g/mol. The lowest BCUT2D eigenvalue weighted by Gasteiger charge is -2.32. The number of nitrogens with one attached hydrogen (secondary N) is 2. The van der Waals surface area contributed by atoms with Crippen LogP contribution in [0.4, 0.5) is 4.79 Å². The molecule has 0 saturated carbocycles. The molecule has 2 bridgehead atoms. The fourth-order valence-electron chi connectivity index (χ4n) is 5.58. The molecule has 43 heavy (non-hydrogen) atoms. The molecule has 2 aliphatic heterocycles. The van der Waals surface area contributed by atoms with Crippen molar-refractivity contribution in [3.63, 3.8) is 0 Å². The first-order chi connectivity index (χ1) is 20.4. The van der Waals surface area contributed by atoms with Crippen LogP contribution in [0.25, 0.3) is 0 Å². The zero-order valence-corrected chi connectivity index (χ0v) is 25.4. The van der Waals surface area contributed by atoms with Crippen molar-refractivity contribution >= 4 is 23.6 Å². The number of aliphatic hydroxyl groups excluding tert-OH is 2. The number of Topliss-reactive ketones (excluding diaryl/α,β-unsaturated/α-hetero) is 1. The van der Waals surface area contributed by atoms with E-state index in [1.807, 2.05) is 6.92 Å².